The third-order valence-electron chi connectivity index (χ3n) is 4.12. The van der Waals surface area contributed by atoms with Crippen LogP contribution in [0.4, 0.5) is 0 Å². The van der Waals surface area contributed by atoms with Gasteiger partial charge in [0, 0.05) is 30.3 Å². The van der Waals surface area contributed by atoms with E-state index in [1.54, 1.807) is 6.07 Å². The Morgan fingerprint density at radius 3 is 3.04 bits per heavy atom. The number of benzene rings is 1. The molecule has 132 valence electrons. The van der Waals surface area contributed by atoms with Gasteiger partial charge in [-0.3, -0.25) is 0 Å². The molecule has 2 heterocycles. The highest BCUT2D eigenvalue weighted by molar-refractivity contribution is 6.36. The van der Waals surface area contributed by atoms with Gasteiger partial charge in [-0.1, -0.05) is 23.2 Å². The Morgan fingerprint density at radius 1 is 1.29 bits per heavy atom. The number of hydrogen-bond donors (Lipinski definition) is 1. The fourth-order valence-corrected chi connectivity index (χ4v) is 3.47. The van der Waals surface area contributed by atoms with E-state index in [2.05, 4.69) is 11.4 Å². The molecule has 0 spiro atoms. The molecule has 2 aliphatic heterocycles. The van der Waals surface area contributed by atoms with E-state index in [0.29, 0.717) is 28.5 Å². The molecule has 1 aromatic rings. The predicted octanol–water partition coefficient (Wildman–Crippen LogP) is 3.94. The van der Waals surface area contributed by atoms with Crippen molar-refractivity contribution in [1.82, 2.24) is 5.32 Å². The van der Waals surface area contributed by atoms with Crippen LogP contribution in [0.15, 0.2) is 17.7 Å². The summed E-state index contributed by atoms with van der Waals surface area (Å²) in [6.45, 7) is 4.61. The van der Waals surface area contributed by atoms with E-state index in [9.17, 15) is 0 Å². The van der Waals surface area contributed by atoms with Crippen LogP contribution in [0.1, 0.15) is 24.8 Å². The molecule has 0 radical (unpaired) electrons. The minimum absolute atomic E-state index is 0.307. The van der Waals surface area contributed by atoms with Crippen molar-refractivity contribution in [3.8, 4) is 5.75 Å². The average Bonchev–Trinajstić information content (AvgIpc) is 3.07. The third-order valence-corrected chi connectivity index (χ3v) is 4.62. The second-order valence-electron chi connectivity index (χ2n) is 6.14. The van der Waals surface area contributed by atoms with Crippen LogP contribution >= 0.6 is 23.2 Å². The molecule has 0 saturated carbocycles. The summed E-state index contributed by atoms with van der Waals surface area (Å²) >= 11 is 12.2. The normalized spacial score (nSPS) is 19.8. The summed E-state index contributed by atoms with van der Waals surface area (Å²) in [5, 5.41) is 4.60. The largest absolute Gasteiger partial charge is 0.487 e. The average molecular weight is 372 g/mol. The van der Waals surface area contributed by atoms with E-state index in [-0.39, 0.29) is 0 Å². The zero-order valence-electron chi connectivity index (χ0n) is 13.7. The first-order valence-corrected chi connectivity index (χ1v) is 9.19. The van der Waals surface area contributed by atoms with Crippen LogP contribution in [0.25, 0.3) is 6.08 Å². The first-order chi connectivity index (χ1) is 11.7. The van der Waals surface area contributed by atoms with Crippen molar-refractivity contribution >= 4 is 29.3 Å². The van der Waals surface area contributed by atoms with Crippen LogP contribution < -0.4 is 10.1 Å². The summed E-state index contributed by atoms with van der Waals surface area (Å²) in [4.78, 5) is 0. The van der Waals surface area contributed by atoms with Crippen molar-refractivity contribution in [3.63, 3.8) is 0 Å². The van der Waals surface area contributed by atoms with Gasteiger partial charge in [-0.15, -0.1) is 0 Å². The van der Waals surface area contributed by atoms with Crippen LogP contribution in [0.2, 0.25) is 10.0 Å². The molecular weight excluding hydrogens is 349 g/mol. The summed E-state index contributed by atoms with van der Waals surface area (Å²) in [5.74, 6) is 0.715. The Balaban J connectivity index is 1.34. The van der Waals surface area contributed by atoms with Crippen LogP contribution in [0.3, 0.4) is 0 Å². The first kappa shape index (κ1) is 18.0. The highest BCUT2D eigenvalue weighted by Crippen LogP contribution is 2.36. The second kappa shape index (κ2) is 9.07. The van der Waals surface area contributed by atoms with Gasteiger partial charge in [0.1, 0.15) is 12.4 Å². The Labute approximate surface area is 153 Å². The standard InChI is InChI=1S/C18H23Cl2NO3/c19-15-8-14-7-13(11-24-18(14)17(20)9-15)10-21-4-2-5-22-12-16-3-1-6-23-16/h7-9,16,21H,1-6,10-12H2/t16-/m0/s1. The summed E-state index contributed by atoms with van der Waals surface area (Å²) in [5.41, 5.74) is 2.12. The highest BCUT2D eigenvalue weighted by atomic mass is 35.5. The Kier molecular flexibility index (Phi) is 6.81. The topological polar surface area (TPSA) is 39.7 Å². The predicted molar refractivity (Wildman–Crippen MR) is 97.2 cm³/mol. The Bertz CT molecular complexity index is 586. The first-order valence-electron chi connectivity index (χ1n) is 8.44. The van der Waals surface area contributed by atoms with E-state index in [1.165, 1.54) is 5.57 Å². The summed E-state index contributed by atoms with van der Waals surface area (Å²) in [7, 11) is 0. The van der Waals surface area contributed by atoms with Gasteiger partial charge >= 0.3 is 0 Å². The molecule has 1 saturated heterocycles. The lowest BCUT2D eigenvalue weighted by Gasteiger charge is -2.19. The van der Waals surface area contributed by atoms with Crippen molar-refractivity contribution in [2.75, 3.05) is 39.5 Å². The minimum atomic E-state index is 0.307. The van der Waals surface area contributed by atoms with Crippen molar-refractivity contribution < 1.29 is 14.2 Å². The molecule has 1 aromatic carbocycles. The molecule has 24 heavy (non-hydrogen) atoms. The summed E-state index contributed by atoms with van der Waals surface area (Å²) in [6.07, 6.45) is 5.67. The molecule has 0 aliphatic carbocycles. The lowest BCUT2D eigenvalue weighted by molar-refractivity contribution is 0.0167. The molecule has 0 aromatic heterocycles. The maximum Gasteiger partial charge on any atom is 0.145 e. The van der Waals surface area contributed by atoms with Gasteiger partial charge < -0.3 is 19.5 Å². The van der Waals surface area contributed by atoms with Crippen molar-refractivity contribution in [1.29, 1.82) is 0 Å². The molecule has 3 rings (SSSR count). The van der Waals surface area contributed by atoms with Crippen LogP contribution in [0, 0.1) is 0 Å². The molecule has 0 bridgehead atoms. The van der Waals surface area contributed by atoms with Gasteiger partial charge in [0.15, 0.2) is 0 Å². The molecular formula is C18H23Cl2NO3. The zero-order chi connectivity index (χ0) is 16.8. The molecule has 2 aliphatic rings. The van der Waals surface area contributed by atoms with E-state index < -0.39 is 0 Å². The molecule has 1 N–H and O–H groups in total. The molecule has 1 atom stereocenters. The van der Waals surface area contributed by atoms with E-state index >= 15 is 0 Å². The van der Waals surface area contributed by atoms with Crippen LogP contribution in [-0.2, 0) is 9.47 Å². The van der Waals surface area contributed by atoms with Crippen LogP contribution in [-0.4, -0.2) is 45.6 Å². The lowest BCUT2D eigenvalue weighted by Crippen LogP contribution is -2.24. The van der Waals surface area contributed by atoms with Gasteiger partial charge in [0.05, 0.1) is 17.7 Å². The number of rotatable bonds is 8. The molecule has 6 heteroatoms. The number of fused-ring (bicyclic) bond motifs is 1. The lowest BCUT2D eigenvalue weighted by atomic mass is 10.1. The SMILES string of the molecule is Clc1cc(Cl)c2c(c1)C=C(CNCCCOC[C@@H]1CCCO1)CO2. The third kappa shape index (κ3) is 5.11. The molecule has 1 fully saturated rings. The van der Waals surface area contributed by atoms with E-state index in [0.717, 1.165) is 57.7 Å². The fourth-order valence-electron chi connectivity index (χ4n) is 2.91. The van der Waals surface area contributed by atoms with Crippen molar-refractivity contribution in [2.24, 2.45) is 0 Å². The molecule has 0 unspecified atom stereocenters. The fraction of sp³-hybridized carbons (Fsp3) is 0.556. The summed E-state index contributed by atoms with van der Waals surface area (Å²) < 4.78 is 16.9. The Morgan fingerprint density at radius 2 is 2.21 bits per heavy atom. The highest BCUT2D eigenvalue weighted by Gasteiger charge is 2.16. The smallest absolute Gasteiger partial charge is 0.145 e. The molecule has 4 nitrogen and oxygen atoms in total. The maximum atomic E-state index is 6.14. The monoisotopic (exact) mass is 371 g/mol. The summed E-state index contributed by atoms with van der Waals surface area (Å²) in [6, 6.07) is 3.58. The van der Waals surface area contributed by atoms with Crippen LogP contribution in [0.5, 0.6) is 5.75 Å². The maximum absolute atomic E-state index is 6.14. The van der Waals surface area contributed by atoms with Crippen molar-refractivity contribution in [2.45, 2.75) is 25.4 Å². The van der Waals surface area contributed by atoms with Crippen molar-refractivity contribution in [3.05, 3.63) is 33.3 Å². The quantitative estimate of drug-likeness (QED) is 0.702. The second-order valence-corrected chi connectivity index (χ2v) is 6.98. The van der Waals surface area contributed by atoms with E-state index in [4.69, 9.17) is 37.4 Å². The van der Waals surface area contributed by atoms with Gasteiger partial charge in [0.25, 0.3) is 0 Å². The number of ether oxygens (including phenoxy) is 3. The molecule has 0 amide bonds. The Hall–Kier alpha value is -0.780. The number of nitrogens with one attached hydrogen (secondary N) is 1. The van der Waals surface area contributed by atoms with Gasteiger partial charge in [-0.2, -0.15) is 0 Å². The van der Waals surface area contributed by atoms with Gasteiger partial charge in [-0.25, -0.2) is 0 Å². The minimum Gasteiger partial charge on any atom is -0.487 e. The van der Waals surface area contributed by atoms with Gasteiger partial charge in [-0.05, 0) is 49.6 Å². The zero-order valence-corrected chi connectivity index (χ0v) is 15.2. The van der Waals surface area contributed by atoms with E-state index in [1.807, 2.05) is 6.07 Å². The van der Waals surface area contributed by atoms with Gasteiger partial charge in [0.2, 0.25) is 0 Å². The number of halogens is 2. The number of hydrogen-bond acceptors (Lipinski definition) is 4.